The molecule has 4 aromatic rings. The fourth-order valence-electron chi connectivity index (χ4n) is 3.46. The molecule has 0 aliphatic carbocycles. The summed E-state index contributed by atoms with van der Waals surface area (Å²) in [7, 11) is 0. The molecule has 3 aromatic carbocycles. The molecule has 0 saturated heterocycles. The van der Waals surface area contributed by atoms with Crippen molar-refractivity contribution in [2.75, 3.05) is 18.9 Å². The number of thioether (sulfide) groups is 1. The minimum atomic E-state index is 0.496. The molecule has 0 atom stereocenters. The molecule has 0 radical (unpaired) electrons. The number of nitrogens with one attached hydrogen (secondary N) is 1. The van der Waals surface area contributed by atoms with E-state index in [0.717, 1.165) is 50.2 Å². The molecule has 0 spiro atoms. The molecular formula is C26H28BrN5O2S. The molecule has 35 heavy (non-hydrogen) atoms. The zero-order chi connectivity index (χ0) is 24.5. The first-order valence-electron chi connectivity index (χ1n) is 11.5. The Morgan fingerprint density at radius 2 is 1.74 bits per heavy atom. The topological polar surface area (TPSA) is 74.1 Å². The number of hydrogen-bond donors (Lipinski definition) is 1. The molecule has 0 bridgehead atoms. The lowest BCUT2D eigenvalue weighted by molar-refractivity contribution is 0.268. The van der Waals surface area contributed by atoms with Crippen LogP contribution in [0, 0.1) is 6.92 Å². The summed E-state index contributed by atoms with van der Waals surface area (Å²) >= 11 is 5.31. The predicted molar refractivity (Wildman–Crippen MR) is 142 cm³/mol. The van der Waals surface area contributed by atoms with Crippen LogP contribution in [-0.4, -0.2) is 39.1 Å². The molecule has 1 aromatic heterocycles. The zero-order valence-corrected chi connectivity index (χ0v) is 22.2. The standard InChI is InChI=1S/C26H28BrN5O2S/c1-3-33-24-15-21(23(27)16-25(24)34-18-20-10-8-7-9-19(20)2)17-28-13-14-35-26-29-30-31-32(26)22-11-5-4-6-12-22/h4-12,15-16,28H,3,13-14,17-18H2,1-2H3. The number of rotatable bonds is 12. The number of aryl methyl sites for hydroxylation is 1. The van der Waals surface area contributed by atoms with Crippen LogP contribution in [0.1, 0.15) is 23.6 Å². The summed E-state index contributed by atoms with van der Waals surface area (Å²) in [6.45, 7) is 6.63. The Morgan fingerprint density at radius 3 is 2.54 bits per heavy atom. The summed E-state index contributed by atoms with van der Waals surface area (Å²) in [6, 6.07) is 22.2. The number of halogens is 1. The molecule has 9 heteroatoms. The highest BCUT2D eigenvalue weighted by Gasteiger charge is 2.12. The van der Waals surface area contributed by atoms with E-state index in [0.29, 0.717) is 19.8 Å². The second-order valence-electron chi connectivity index (χ2n) is 7.77. The number of benzene rings is 3. The zero-order valence-electron chi connectivity index (χ0n) is 19.8. The van der Waals surface area contributed by atoms with Gasteiger partial charge in [0.25, 0.3) is 0 Å². The normalized spacial score (nSPS) is 10.9. The molecule has 0 saturated carbocycles. The van der Waals surface area contributed by atoms with Crippen molar-refractivity contribution in [1.82, 2.24) is 25.5 Å². The summed E-state index contributed by atoms with van der Waals surface area (Å²) < 4.78 is 14.7. The lowest BCUT2D eigenvalue weighted by atomic mass is 10.1. The summed E-state index contributed by atoms with van der Waals surface area (Å²) in [5, 5.41) is 16.3. The van der Waals surface area contributed by atoms with Crippen LogP contribution >= 0.6 is 27.7 Å². The molecule has 182 valence electrons. The number of nitrogens with zero attached hydrogens (tertiary/aromatic N) is 4. The van der Waals surface area contributed by atoms with E-state index in [2.05, 4.69) is 55.8 Å². The van der Waals surface area contributed by atoms with Crippen LogP contribution in [0.3, 0.4) is 0 Å². The second-order valence-corrected chi connectivity index (χ2v) is 9.69. The molecule has 0 amide bonds. The van der Waals surface area contributed by atoms with Gasteiger partial charge >= 0.3 is 0 Å². The maximum absolute atomic E-state index is 6.12. The number of hydrogen-bond acceptors (Lipinski definition) is 7. The van der Waals surface area contributed by atoms with Crippen LogP contribution in [0.4, 0.5) is 0 Å². The van der Waals surface area contributed by atoms with Crippen molar-refractivity contribution in [3.05, 3.63) is 87.9 Å². The van der Waals surface area contributed by atoms with Crippen molar-refractivity contribution in [1.29, 1.82) is 0 Å². The van der Waals surface area contributed by atoms with E-state index in [9.17, 15) is 0 Å². The first-order chi connectivity index (χ1) is 17.2. The Kier molecular flexibility index (Phi) is 9.16. The first-order valence-corrected chi connectivity index (χ1v) is 13.2. The van der Waals surface area contributed by atoms with Crippen LogP contribution < -0.4 is 14.8 Å². The fraction of sp³-hybridized carbons (Fsp3) is 0.269. The van der Waals surface area contributed by atoms with E-state index in [1.165, 1.54) is 5.56 Å². The van der Waals surface area contributed by atoms with Gasteiger partial charge in [-0.05, 0) is 65.2 Å². The number of ether oxygens (including phenoxy) is 2. The smallest absolute Gasteiger partial charge is 0.214 e. The van der Waals surface area contributed by atoms with Crippen molar-refractivity contribution in [3.8, 4) is 17.2 Å². The summed E-state index contributed by atoms with van der Waals surface area (Å²) in [6.07, 6.45) is 0. The Hall–Kier alpha value is -2.88. The van der Waals surface area contributed by atoms with Crippen molar-refractivity contribution in [2.24, 2.45) is 0 Å². The van der Waals surface area contributed by atoms with Crippen molar-refractivity contribution in [3.63, 3.8) is 0 Å². The van der Waals surface area contributed by atoms with Gasteiger partial charge in [-0.25, -0.2) is 0 Å². The van der Waals surface area contributed by atoms with Gasteiger partial charge in [0.1, 0.15) is 6.61 Å². The maximum Gasteiger partial charge on any atom is 0.214 e. The van der Waals surface area contributed by atoms with E-state index >= 15 is 0 Å². The first kappa shape index (κ1) is 25.2. The third kappa shape index (κ3) is 6.84. The lowest BCUT2D eigenvalue weighted by Gasteiger charge is -2.16. The largest absolute Gasteiger partial charge is 0.490 e. The lowest BCUT2D eigenvalue weighted by Crippen LogP contribution is -2.17. The maximum atomic E-state index is 6.12. The Morgan fingerprint density at radius 1 is 0.971 bits per heavy atom. The summed E-state index contributed by atoms with van der Waals surface area (Å²) in [4.78, 5) is 0. The predicted octanol–water partition coefficient (Wildman–Crippen LogP) is 5.59. The van der Waals surface area contributed by atoms with E-state index in [1.807, 2.05) is 61.5 Å². The van der Waals surface area contributed by atoms with Gasteiger partial charge in [0.2, 0.25) is 5.16 Å². The molecule has 1 heterocycles. The van der Waals surface area contributed by atoms with Gasteiger partial charge < -0.3 is 14.8 Å². The van der Waals surface area contributed by atoms with Crippen LogP contribution in [0.2, 0.25) is 0 Å². The van der Waals surface area contributed by atoms with E-state index in [4.69, 9.17) is 9.47 Å². The highest BCUT2D eigenvalue weighted by atomic mass is 79.9. The quantitative estimate of drug-likeness (QED) is 0.181. The van der Waals surface area contributed by atoms with Gasteiger partial charge in [0.05, 0.1) is 12.3 Å². The molecule has 0 unspecified atom stereocenters. The van der Waals surface area contributed by atoms with Crippen LogP contribution in [0.5, 0.6) is 11.5 Å². The summed E-state index contributed by atoms with van der Waals surface area (Å²) in [5.41, 5.74) is 4.43. The third-order valence-corrected chi connectivity index (χ3v) is 6.98. The Bertz CT molecular complexity index is 1240. The van der Waals surface area contributed by atoms with E-state index in [-0.39, 0.29) is 0 Å². The molecule has 1 N–H and O–H groups in total. The van der Waals surface area contributed by atoms with Gasteiger partial charge in [-0.15, -0.1) is 5.10 Å². The van der Waals surface area contributed by atoms with Crippen molar-refractivity contribution in [2.45, 2.75) is 32.2 Å². The Labute approximate surface area is 218 Å². The fourth-order valence-corrected chi connectivity index (χ4v) is 4.71. The van der Waals surface area contributed by atoms with Gasteiger partial charge in [0.15, 0.2) is 11.5 Å². The van der Waals surface area contributed by atoms with Crippen LogP contribution in [0.25, 0.3) is 5.69 Å². The molecule has 0 aliphatic rings. The molecule has 0 aliphatic heterocycles. The highest BCUT2D eigenvalue weighted by molar-refractivity contribution is 9.10. The van der Waals surface area contributed by atoms with Gasteiger partial charge in [-0.2, -0.15) is 4.68 Å². The summed E-state index contributed by atoms with van der Waals surface area (Å²) in [5.74, 6) is 2.31. The second kappa shape index (κ2) is 12.7. The average Bonchev–Trinajstić information content (AvgIpc) is 3.34. The molecule has 0 fully saturated rings. The number of tetrazole rings is 1. The minimum Gasteiger partial charge on any atom is -0.490 e. The molecular weight excluding hydrogens is 526 g/mol. The van der Waals surface area contributed by atoms with Crippen LogP contribution in [-0.2, 0) is 13.2 Å². The third-order valence-electron chi connectivity index (χ3n) is 5.32. The van der Waals surface area contributed by atoms with E-state index < -0.39 is 0 Å². The number of aromatic nitrogens is 4. The SMILES string of the molecule is CCOc1cc(CNCCSc2nnnn2-c2ccccc2)c(Br)cc1OCc1ccccc1C. The van der Waals surface area contributed by atoms with Crippen molar-refractivity contribution < 1.29 is 9.47 Å². The van der Waals surface area contributed by atoms with Gasteiger partial charge in [-0.1, -0.05) is 70.2 Å². The van der Waals surface area contributed by atoms with Gasteiger partial charge in [-0.3, -0.25) is 0 Å². The monoisotopic (exact) mass is 553 g/mol. The average molecular weight is 555 g/mol. The van der Waals surface area contributed by atoms with Crippen LogP contribution in [0.15, 0.2) is 76.4 Å². The highest BCUT2D eigenvalue weighted by Crippen LogP contribution is 2.34. The molecule has 7 nitrogen and oxygen atoms in total. The molecule has 4 rings (SSSR count). The van der Waals surface area contributed by atoms with E-state index in [1.54, 1.807) is 16.4 Å². The Balaban J connectivity index is 1.32. The number of para-hydroxylation sites is 1. The van der Waals surface area contributed by atoms with Gasteiger partial charge in [0, 0.05) is 23.3 Å². The minimum absolute atomic E-state index is 0.496. The van der Waals surface area contributed by atoms with Crippen molar-refractivity contribution >= 4 is 27.7 Å².